The molecule has 11 heteroatoms. The zero-order valence-electron chi connectivity index (χ0n) is 13.8. The number of rotatable bonds is 8. The summed E-state index contributed by atoms with van der Waals surface area (Å²) in [5, 5.41) is 11.1. The quantitative estimate of drug-likeness (QED) is 0.125. The standard InChI is InChI=1S/C14H17BFN5O4/c1-21(9-3-4-11(16)10(15)7-9)13(19-24-8-22)12-14(20-25-18-12)23-6-2-5-17/h3-4,7-8H,2,5-6,15,17H2,1H3/b19-13-. The molecule has 0 spiro atoms. The maximum atomic E-state index is 13.5. The van der Waals surface area contributed by atoms with Crippen molar-refractivity contribution in [2.45, 2.75) is 6.42 Å². The van der Waals surface area contributed by atoms with Crippen LogP contribution in [0.15, 0.2) is 28.0 Å². The van der Waals surface area contributed by atoms with Gasteiger partial charge < -0.3 is 20.2 Å². The number of carbonyl (C=O) groups is 1. The van der Waals surface area contributed by atoms with Gasteiger partial charge >= 0.3 is 6.47 Å². The number of aromatic nitrogens is 2. The molecule has 0 fully saturated rings. The maximum absolute atomic E-state index is 13.5. The number of hydrogen-bond donors (Lipinski definition) is 1. The van der Waals surface area contributed by atoms with Crippen LogP contribution in [0, 0.1) is 5.82 Å². The molecule has 1 aromatic carbocycles. The summed E-state index contributed by atoms with van der Waals surface area (Å²) in [4.78, 5) is 16.6. The Balaban J connectivity index is 2.34. The summed E-state index contributed by atoms with van der Waals surface area (Å²) in [6, 6.07) is 4.47. The van der Waals surface area contributed by atoms with Gasteiger partial charge in [-0.1, -0.05) is 10.6 Å². The molecule has 0 saturated carbocycles. The average Bonchev–Trinajstić information content (AvgIpc) is 3.06. The highest BCUT2D eigenvalue weighted by atomic mass is 19.1. The predicted octanol–water partition coefficient (Wildman–Crippen LogP) is -0.834. The first-order chi connectivity index (χ1) is 12.1. The van der Waals surface area contributed by atoms with Crippen LogP contribution in [0.2, 0.25) is 0 Å². The summed E-state index contributed by atoms with van der Waals surface area (Å²) in [6.45, 7) is 0.912. The van der Waals surface area contributed by atoms with Gasteiger partial charge in [-0.15, -0.1) is 0 Å². The number of carbonyl (C=O) groups excluding carboxylic acids is 1. The van der Waals surface area contributed by atoms with Gasteiger partial charge in [0.2, 0.25) is 11.5 Å². The van der Waals surface area contributed by atoms with E-state index in [-0.39, 0.29) is 29.7 Å². The van der Waals surface area contributed by atoms with Gasteiger partial charge in [0, 0.05) is 12.7 Å². The molecule has 0 aliphatic heterocycles. The number of nitrogens with zero attached hydrogens (tertiary/aromatic N) is 4. The van der Waals surface area contributed by atoms with Gasteiger partial charge in [0.05, 0.1) is 6.61 Å². The van der Waals surface area contributed by atoms with E-state index in [9.17, 15) is 9.18 Å². The van der Waals surface area contributed by atoms with E-state index in [4.69, 9.17) is 15.1 Å². The molecule has 25 heavy (non-hydrogen) atoms. The number of anilines is 1. The Hall–Kier alpha value is -2.95. The molecule has 2 N–H and O–H groups in total. The van der Waals surface area contributed by atoms with Crippen molar-refractivity contribution in [1.82, 2.24) is 10.3 Å². The third-order valence-corrected chi connectivity index (χ3v) is 3.29. The van der Waals surface area contributed by atoms with Gasteiger partial charge in [-0.25, -0.2) is 9.02 Å². The fraction of sp³-hybridized carbons (Fsp3) is 0.286. The molecule has 0 aliphatic carbocycles. The molecule has 132 valence electrons. The highest BCUT2D eigenvalue weighted by molar-refractivity contribution is 6.33. The Morgan fingerprint density at radius 1 is 1.52 bits per heavy atom. The van der Waals surface area contributed by atoms with Crippen molar-refractivity contribution in [3.05, 3.63) is 29.7 Å². The maximum Gasteiger partial charge on any atom is 0.323 e. The molecule has 2 aromatic rings. The molecular formula is C14H17BFN5O4. The normalized spacial score (nSPS) is 11.2. The highest BCUT2D eigenvalue weighted by Crippen LogP contribution is 2.20. The third kappa shape index (κ3) is 4.54. The molecule has 2 rings (SSSR count). The molecule has 0 saturated heterocycles. The van der Waals surface area contributed by atoms with Gasteiger partial charge in [-0.2, -0.15) is 0 Å². The number of benzene rings is 1. The Kier molecular flexibility index (Phi) is 6.46. The Morgan fingerprint density at radius 3 is 3.00 bits per heavy atom. The zero-order valence-corrected chi connectivity index (χ0v) is 13.8. The molecule has 0 atom stereocenters. The highest BCUT2D eigenvalue weighted by Gasteiger charge is 2.24. The van der Waals surface area contributed by atoms with Crippen molar-refractivity contribution < 1.29 is 23.4 Å². The summed E-state index contributed by atoms with van der Waals surface area (Å²) in [7, 11) is 3.27. The van der Waals surface area contributed by atoms with Crippen molar-refractivity contribution in [2.24, 2.45) is 10.9 Å². The van der Waals surface area contributed by atoms with Crippen LogP contribution in [0.5, 0.6) is 5.88 Å². The van der Waals surface area contributed by atoms with Crippen LogP contribution < -0.4 is 20.8 Å². The molecule has 1 aromatic heterocycles. The lowest BCUT2D eigenvalue weighted by atomic mass is 9.95. The number of ether oxygens (including phenoxy) is 1. The fourth-order valence-electron chi connectivity index (χ4n) is 1.96. The van der Waals surface area contributed by atoms with E-state index in [1.165, 1.54) is 11.0 Å². The summed E-state index contributed by atoms with van der Waals surface area (Å²) in [6.07, 6.45) is 0.608. The lowest BCUT2D eigenvalue weighted by Gasteiger charge is -2.19. The minimum Gasteiger partial charge on any atom is -0.474 e. The molecule has 0 amide bonds. The van der Waals surface area contributed by atoms with E-state index in [0.29, 0.717) is 30.7 Å². The van der Waals surface area contributed by atoms with E-state index in [2.05, 4.69) is 20.3 Å². The molecule has 0 radical (unpaired) electrons. The number of hydrogen-bond acceptors (Lipinski definition) is 8. The van der Waals surface area contributed by atoms with Crippen molar-refractivity contribution in [3.63, 3.8) is 0 Å². The molecule has 9 nitrogen and oxygen atoms in total. The average molecular weight is 349 g/mol. The smallest absolute Gasteiger partial charge is 0.323 e. The van der Waals surface area contributed by atoms with Crippen LogP contribution in [-0.4, -0.2) is 50.7 Å². The fourth-order valence-corrected chi connectivity index (χ4v) is 1.96. The molecule has 0 aliphatic rings. The summed E-state index contributed by atoms with van der Waals surface area (Å²) >= 11 is 0. The second kappa shape index (κ2) is 8.78. The summed E-state index contributed by atoms with van der Waals surface area (Å²) < 4.78 is 23.6. The van der Waals surface area contributed by atoms with E-state index < -0.39 is 0 Å². The number of oxime groups is 1. The van der Waals surface area contributed by atoms with Crippen LogP contribution in [0.3, 0.4) is 0 Å². The lowest BCUT2D eigenvalue weighted by molar-refractivity contribution is -0.128. The van der Waals surface area contributed by atoms with Gasteiger partial charge in [-0.05, 0) is 41.5 Å². The topological polar surface area (TPSA) is 116 Å². The molecule has 1 heterocycles. The van der Waals surface area contributed by atoms with E-state index in [1.54, 1.807) is 27.0 Å². The Labute approximate surface area is 143 Å². The predicted molar refractivity (Wildman–Crippen MR) is 90.1 cm³/mol. The Bertz CT molecular complexity index is 755. The SMILES string of the molecule is Bc1cc(N(C)/C(=N\OC=O)c2nonc2OCCCN)ccc1F. The first-order valence-electron chi connectivity index (χ1n) is 7.41. The zero-order chi connectivity index (χ0) is 18.2. The van der Waals surface area contributed by atoms with Gasteiger partial charge in [0.1, 0.15) is 13.7 Å². The van der Waals surface area contributed by atoms with Gasteiger partial charge in [0.25, 0.3) is 5.88 Å². The number of nitrogens with two attached hydrogens (primary N) is 1. The van der Waals surface area contributed by atoms with E-state index in [0.717, 1.165) is 0 Å². The largest absolute Gasteiger partial charge is 0.474 e. The Morgan fingerprint density at radius 2 is 2.32 bits per heavy atom. The second-order valence-corrected chi connectivity index (χ2v) is 5.02. The van der Waals surface area contributed by atoms with E-state index >= 15 is 0 Å². The summed E-state index contributed by atoms with van der Waals surface area (Å²) in [5.41, 5.74) is 6.58. The first-order valence-corrected chi connectivity index (χ1v) is 7.41. The first kappa shape index (κ1) is 18.4. The second-order valence-electron chi connectivity index (χ2n) is 5.02. The molecular weight excluding hydrogens is 332 g/mol. The van der Waals surface area contributed by atoms with Crippen molar-refractivity contribution in [1.29, 1.82) is 0 Å². The lowest BCUT2D eigenvalue weighted by Crippen LogP contribution is -2.29. The molecule has 0 unspecified atom stereocenters. The van der Waals surface area contributed by atoms with Crippen LogP contribution >= 0.6 is 0 Å². The molecule has 0 bridgehead atoms. The number of amidine groups is 1. The monoisotopic (exact) mass is 349 g/mol. The van der Waals surface area contributed by atoms with Crippen molar-refractivity contribution in [3.8, 4) is 5.88 Å². The minimum absolute atomic E-state index is 0.0763. The van der Waals surface area contributed by atoms with Crippen LogP contribution in [0.25, 0.3) is 0 Å². The number of halogens is 1. The van der Waals surface area contributed by atoms with Crippen molar-refractivity contribution >= 4 is 31.3 Å². The summed E-state index contributed by atoms with van der Waals surface area (Å²) in [5.74, 6) is -0.164. The van der Waals surface area contributed by atoms with Gasteiger partial charge in [0.15, 0.2) is 0 Å². The van der Waals surface area contributed by atoms with Crippen molar-refractivity contribution in [2.75, 3.05) is 25.1 Å². The van der Waals surface area contributed by atoms with Crippen LogP contribution in [0.4, 0.5) is 10.1 Å². The van der Waals surface area contributed by atoms with Crippen LogP contribution in [-0.2, 0) is 9.63 Å². The van der Waals surface area contributed by atoms with Crippen LogP contribution in [0.1, 0.15) is 12.1 Å². The van der Waals surface area contributed by atoms with Gasteiger partial charge in [-0.3, -0.25) is 4.79 Å². The minimum atomic E-state index is -0.339. The third-order valence-electron chi connectivity index (χ3n) is 3.29. The van der Waals surface area contributed by atoms with E-state index in [1.807, 2.05) is 0 Å².